The molecule has 2 N–H and O–H groups in total. The lowest BCUT2D eigenvalue weighted by atomic mass is 10.2. The molecule has 0 aliphatic carbocycles. The second kappa shape index (κ2) is 6.41. The van der Waals surface area contributed by atoms with Crippen molar-refractivity contribution in [3.8, 4) is 0 Å². The van der Waals surface area contributed by atoms with Gasteiger partial charge < -0.3 is 5.32 Å². The molecule has 5 nitrogen and oxygen atoms in total. The van der Waals surface area contributed by atoms with Crippen LogP contribution in [-0.2, 0) is 11.3 Å². The van der Waals surface area contributed by atoms with E-state index in [1.54, 1.807) is 24.4 Å². The molecular formula is C16H13ClN4O. The number of rotatable bonds is 4. The molecule has 0 fully saturated rings. The highest BCUT2D eigenvalue weighted by Crippen LogP contribution is 2.14. The average molecular weight is 313 g/mol. The highest BCUT2D eigenvalue weighted by atomic mass is 35.5. The fourth-order valence-electron chi connectivity index (χ4n) is 2.01. The minimum atomic E-state index is -0.179. The van der Waals surface area contributed by atoms with Crippen LogP contribution in [-0.4, -0.2) is 21.1 Å². The average Bonchev–Trinajstić information content (AvgIpc) is 2.96. The van der Waals surface area contributed by atoms with Gasteiger partial charge in [0.25, 0.3) is 0 Å². The Hall–Kier alpha value is -2.66. The van der Waals surface area contributed by atoms with Crippen LogP contribution < -0.4 is 5.32 Å². The second-order valence-corrected chi connectivity index (χ2v) is 5.13. The Bertz CT molecular complexity index is 824. The van der Waals surface area contributed by atoms with E-state index in [4.69, 9.17) is 11.6 Å². The Labute approximate surface area is 132 Å². The van der Waals surface area contributed by atoms with Crippen LogP contribution in [0.4, 0.5) is 0 Å². The maximum Gasteiger partial charge on any atom is 0.244 e. The molecule has 2 heterocycles. The molecule has 0 atom stereocenters. The predicted octanol–water partition coefficient (Wildman–Crippen LogP) is 2.94. The van der Waals surface area contributed by atoms with Gasteiger partial charge in [0.2, 0.25) is 5.91 Å². The molecule has 0 spiro atoms. The standard InChI is InChI=1S/C16H13ClN4O/c17-12-5-3-11(4-6-12)10-19-15(22)8-7-14-13-2-1-9-18-16(13)21-20-14/h1-9H,10H2,(H,19,22)(H,18,20,21). The van der Waals surface area contributed by atoms with Crippen molar-refractivity contribution in [2.45, 2.75) is 6.54 Å². The summed E-state index contributed by atoms with van der Waals surface area (Å²) < 4.78 is 0. The van der Waals surface area contributed by atoms with Gasteiger partial charge in [0.15, 0.2) is 5.65 Å². The first-order chi connectivity index (χ1) is 10.7. The van der Waals surface area contributed by atoms with Crippen LogP contribution in [0.15, 0.2) is 48.7 Å². The van der Waals surface area contributed by atoms with Crippen molar-refractivity contribution in [1.29, 1.82) is 0 Å². The molecule has 1 amide bonds. The van der Waals surface area contributed by atoms with E-state index < -0.39 is 0 Å². The molecule has 1 aromatic carbocycles. The van der Waals surface area contributed by atoms with Crippen molar-refractivity contribution in [2.24, 2.45) is 0 Å². The summed E-state index contributed by atoms with van der Waals surface area (Å²) in [7, 11) is 0. The van der Waals surface area contributed by atoms with Gasteiger partial charge in [-0.2, -0.15) is 5.10 Å². The molecule has 22 heavy (non-hydrogen) atoms. The summed E-state index contributed by atoms with van der Waals surface area (Å²) >= 11 is 5.82. The van der Waals surface area contributed by atoms with E-state index >= 15 is 0 Å². The Kier molecular flexibility index (Phi) is 4.16. The van der Waals surface area contributed by atoms with Crippen molar-refractivity contribution in [3.63, 3.8) is 0 Å². The molecular weight excluding hydrogens is 300 g/mol. The molecule has 6 heteroatoms. The number of carbonyl (C=O) groups excluding carboxylic acids is 1. The molecule has 3 aromatic rings. The molecule has 0 radical (unpaired) electrons. The zero-order valence-corrected chi connectivity index (χ0v) is 12.3. The summed E-state index contributed by atoms with van der Waals surface area (Å²) in [4.78, 5) is 16.0. The number of fused-ring (bicyclic) bond motifs is 1. The lowest BCUT2D eigenvalue weighted by Crippen LogP contribution is -2.20. The van der Waals surface area contributed by atoms with Gasteiger partial charge in [0.1, 0.15) is 0 Å². The highest BCUT2D eigenvalue weighted by molar-refractivity contribution is 6.30. The summed E-state index contributed by atoms with van der Waals surface area (Å²) in [6.07, 6.45) is 4.83. The van der Waals surface area contributed by atoms with Gasteiger partial charge in [-0.1, -0.05) is 23.7 Å². The molecule has 0 bridgehead atoms. The van der Waals surface area contributed by atoms with Crippen molar-refractivity contribution in [2.75, 3.05) is 0 Å². The number of aromatic nitrogens is 3. The lowest BCUT2D eigenvalue weighted by molar-refractivity contribution is -0.116. The molecule has 0 saturated carbocycles. The van der Waals surface area contributed by atoms with E-state index in [1.165, 1.54) is 6.08 Å². The summed E-state index contributed by atoms with van der Waals surface area (Å²) in [5.41, 5.74) is 2.37. The van der Waals surface area contributed by atoms with Gasteiger partial charge in [0, 0.05) is 29.2 Å². The number of benzene rings is 1. The van der Waals surface area contributed by atoms with Crippen LogP contribution in [0.25, 0.3) is 17.1 Å². The second-order valence-electron chi connectivity index (χ2n) is 4.69. The third-order valence-corrected chi connectivity index (χ3v) is 3.39. The van der Waals surface area contributed by atoms with Crippen molar-refractivity contribution < 1.29 is 4.79 Å². The van der Waals surface area contributed by atoms with Gasteiger partial charge in [-0.15, -0.1) is 0 Å². The van der Waals surface area contributed by atoms with E-state index in [0.29, 0.717) is 17.2 Å². The van der Waals surface area contributed by atoms with Gasteiger partial charge in [-0.05, 0) is 35.9 Å². The lowest BCUT2D eigenvalue weighted by Gasteiger charge is -2.02. The summed E-state index contributed by atoms with van der Waals surface area (Å²) in [6.45, 7) is 0.450. The first kappa shape index (κ1) is 14.3. The maximum atomic E-state index is 11.8. The monoisotopic (exact) mass is 312 g/mol. The van der Waals surface area contributed by atoms with Crippen LogP contribution >= 0.6 is 11.6 Å². The maximum absolute atomic E-state index is 11.8. The summed E-state index contributed by atoms with van der Waals surface area (Å²) in [5, 5.41) is 11.3. The first-order valence-corrected chi connectivity index (χ1v) is 7.09. The number of carbonyl (C=O) groups is 1. The van der Waals surface area contributed by atoms with Crippen molar-refractivity contribution in [3.05, 3.63) is 65.0 Å². The molecule has 2 aromatic heterocycles. The van der Waals surface area contributed by atoms with E-state index in [1.807, 2.05) is 24.3 Å². The highest BCUT2D eigenvalue weighted by Gasteiger charge is 2.03. The minimum Gasteiger partial charge on any atom is -0.348 e. The Morgan fingerprint density at radius 2 is 2.09 bits per heavy atom. The zero-order valence-electron chi connectivity index (χ0n) is 11.6. The van der Waals surface area contributed by atoms with E-state index in [0.717, 1.165) is 16.6 Å². The normalized spacial score (nSPS) is 11.1. The number of aromatic amines is 1. The molecule has 0 aliphatic rings. The largest absolute Gasteiger partial charge is 0.348 e. The minimum absolute atomic E-state index is 0.179. The van der Waals surface area contributed by atoms with Crippen LogP contribution in [0.5, 0.6) is 0 Å². The third-order valence-electron chi connectivity index (χ3n) is 3.14. The van der Waals surface area contributed by atoms with Crippen LogP contribution in [0.1, 0.15) is 11.3 Å². The topological polar surface area (TPSA) is 70.7 Å². The number of amides is 1. The van der Waals surface area contributed by atoms with Gasteiger partial charge in [0.05, 0.1) is 5.69 Å². The fraction of sp³-hybridized carbons (Fsp3) is 0.0625. The fourth-order valence-corrected chi connectivity index (χ4v) is 2.13. The molecule has 110 valence electrons. The first-order valence-electron chi connectivity index (χ1n) is 6.72. The Morgan fingerprint density at radius 3 is 2.91 bits per heavy atom. The number of hydrogen-bond donors (Lipinski definition) is 2. The molecule has 0 aliphatic heterocycles. The smallest absolute Gasteiger partial charge is 0.244 e. The SMILES string of the molecule is O=C(C=Cc1[nH]nc2ncccc12)NCc1ccc(Cl)cc1. The summed E-state index contributed by atoms with van der Waals surface area (Å²) in [6, 6.07) is 11.1. The van der Waals surface area contributed by atoms with Crippen molar-refractivity contribution in [1.82, 2.24) is 20.5 Å². The summed E-state index contributed by atoms with van der Waals surface area (Å²) in [5.74, 6) is -0.179. The van der Waals surface area contributed by atoms with Crippen LogP contribution in [0.3, 0.4) is 0 Å². The van der Waals surface area contributed by atoms with E-state index in [9.17, 15) is 4.79 Å². The predicted molar refractivity (Wildman–Crippen MR) is 86.2 cm³/mol. The number of nitrogens with one attached hydrogen (secondary N) is 2. The van der Waals surface area contributed by atoms with Gasteiger partial charge >= 0.3 is 0 Å². The number of nitrogens with zero attached hydrogens (tertiary/aromatic N) is 2. The van der Waals surface area contributed by atoms with E-state index in [-0.39, 0.29) is 5.91 Å². The quantitative estimate of drug-likeness (QED) is 0.728. The molecule has 0 unspecified atom stereocenters. The number of pyridine rings is 1. The van der Waals surface area contributed by atoms with Gasteiger partial charge in [-0.3, -0.25) is 9.89 Å². The van der Waals surface area contributed by atoms with Crippen LogP contribution in [0.2, 0.25) is 5.02 Å². The molecule has 0 saturated heterocycles. The van der Waals surface area contributed by atoms with Gasteiger partial charge in [-0.25, -0.2) is 4.98 Å². The number of hydrogen-bond acceptors (Lipinski definition) is 3. The Balaban J connectivity index is 1.62. The van der Waals surface area contributed by atoms with Crippen molar-refractivity contribution >= 4 is 34.6 Å². The van der Waals surface area contributed by atoms with Crippen LogP contribution in [0, 0.1) is 0 Å². The molecule has 3 rings (SSSR count). The third kappa shape index (κ3) is 3.32. The Morgan fingerprint density at radius 1 is 1.27 bits per heavy atom. The zero-order chi connectivity index (χ0) is 15.4. The number of halogens is 1. The van der Waals surface area contributed by atoms with E-state index in [2.05, 4.69) is 20.5 Å². The number of H-pyrrole nitrogens is 1.